The van der Waals surface area contributed by atoms with Gasteiger partial charge in [0, 0.05) is 24.0 Å². The summed E-state index contributed by atoms with van der Waals surface area (Å²) in [7, 11) is 1.70. The first-order valence-electron chi connectivity index (χ1n) is 7.04. The number of amides is 1. The monoisotopic (exact) mass is 298 g/mol. The van der Waals surface area contributed by atoms with Crippen molar-refractivity contribution in [2.24, 2.45) is 0 Å². The van der Waals surface area contributed by atoms with Crippen LogP contribution in [0, 0.1) is 0 Å². The number of nitrogens with zero attached hydrogens (tertiary/aromatic N) is 1. The van der Waals surface area contributed by atoms with Crippen LogP contribution in [0.5, 0.6) is 5.75 Å². The summed E-state index contributed by atoms with van der Waals surface area (Å²) < 4.78 is 5.46. The van der Waals surface area contributed by atoms with E-state index in [4.69, 9.17) is 4.74 Å². The van der Waals surface area contributed by atoms with Gasteiger partial charge in [-0.25, -0.2) is 4.79 Å². The molecule has 0 radical (unpaired) electrons. The second kappa shape index (κ2) is 4.94. The highest BCUT2D eigenvalue weighted by molar-refractivity contribution is 5.91. The molecule has 1 heterocycles. The molecule has 5 heteroatoms. The summed E-state index contributed by atoms with van der Waals surface area (Å²) >= 11 is 0. The lowest BCUT2D eigenvalue weighted by Crippen LogP contribution is -2.41. The number of nitrogens with one attached hydrogen (secondary N) is 1. The van der Waals surface area contributed by atoms with Gasteiger partial charge in [-0.05, 0) is 56.3 Å². The van der Waals surface area contributed by atoms with Gasteiger partial charge in [-0.1, -0.05) is 0 Å². The van der Waals surface area contributed by atoms with Gasteiger partial charge in [0.25, 0.3) is 0 Å². The number of hydrogen-bond acceptors (Lipinski definition) is 4. The lowest BCUT2D eigenvalue weighted by molar-refractivity contribution is 0.0362. The molecule has 2 N–H and O–H groups in total. The van der Waals surface area contributed by atoms with Gasteiger partial charge < -0.3 is 15.2 Å². The third-order valence-electron chi connectivity index (χ3n) is 3.78. The molecule has 2 aromatic carbocycles. The molecule has 0 saturated heterocycles. The van der Waals surface area contributed by atoms with E-state index in [0.29, 0.717) is 0 Å². The van der Waals surface area contributed by atoms with Crippen LogP contribution in [0.3, 0.4) is 0 Å². The highest BCUT2D eigenvalue weighted by atomic mass is 16.6. The topological polar surface area (TPSA) is 61.8 Å². The van der Waals surface area contributed by atoms with Gasteiger partial charge in [0.15, 0.2) is 0 Å². The first-order chi connectivity index (χ1) is 10.4. The summed E-state index contributed by atoms with van der Waals surface area (Å²) in [6, 6.07) is 12.6. The predicted octanol–water partition coefficient (Wildman–Crippen LogP) is 3.96. The number of hydrogen-bond donors (Lipinski definition) is 2. The first kappa shape index (κ1) is 14.3. The molecule has 1 aliphatic rings. The number of ether oxygens (including phenoxy) is 1. The second-order valence-electron chi connectivity index (χ2n) is 5.84. The van der Waals surface area contributed by atoms with E-state index in [-0.39, 0.29) is 11.8 Å². The maximum Gasteiger partial charge on any atom is 0.414 e. The minimum atomic E-state index is -0.675. The summed E-state index contributed by atoms with van der Waals surface area (Å²) in [5, 5.41) is 12.6. The van der Waals surface area contributed by atoms with Crippen LogP contribution in [-0.4, -0.2) is 18.2 Å². The van der Waals surface area contributed by atoms with Gasteiger partial charge in [0.2, 0.25) is 0 Å². The average Bonchev–Trinajstić information content (AvgIpc) is 2.47. The van der Waals surface area contributed by atoms with Crippen molar-refractivity contribution in [2.75, 3.05) is 17.3 Å². The van der Waals surface area contributed by atoms with E-state index in [2.05, 4.69) is 5.32 Å². The van der Waals surface area contributed by atoms with E-state index in [0.717, 1.165) is 22.6 Å². The highest BCUT2D eigenvalue weighted by Crippen LogP contribution is 2.39. The van der Waals surface area contributed by atoms with Crippen LogP contribution in [-0.2, 0) is 10.3 Å². The number of phenolic OH excluding ortho intramolecular Hbond substituents is 1. The van der Waals surface area contributed by atoms with Crippen LogP contribution in [0.1, 0.15) is 19.4 Å². The molecule has 0 fully saturated rings. The molecule has 0 spiro atoms. The predicted molar refractivity (Wildman–Crippen MR) is 85.7 cm³/mol. The quantitative estimate of drug-likeness (QED) is 0.824. The molecule has 0 atom stereocenters. The van der Waals surface area contributed by atoms with E-state index in [9.17, 15) is 9.90 Å². The summed E-state index contributed by atoms with van der Waals surface area (Å²) in [6.07, 6.45) is -0.350. The smallest absolute Gasteiger partial charge is 0.414 e. The van der Waals surface area contributed by atoms with E-state index >= 15 is 0 Å². The lowest BCUT2D eigenvalue weighted by Gasteiger charge is -2.37. The highest BCUT2D eigenvalue weighted by Gasteiger charge is 2.36. The number of carbonyl (C=O) groups excluding carboxylic acids is 1. The Bertz CT molecular complexity index is 723. The largest absolute Gasteiger partial charge is 0.508 e. The normalized spacial score (nSPS) is 16.0. The molecular formula is C17H18N2O3. The molecule has 0 unspecified atom stereocenters. The number of aromatic hydroxyl groups is 1. The molecule has 2 aromatic rings. The summed E-state index contributed by atoms with van der Waals surface area (Å²) in [5.41, 5.74) is 2.88. The Labute approximate surface area is 129 Å². The molecule has 1 amide bonds. The van der Waals surface area contributed by atoms with Crippen molar-refractivity contribution in [3.8, 4) is 5.75 Å². The maximum atomic E-state index is 11.8. The van der Waals surface area contributed by atoms with E-state index < -0.39 is 5.60 Å². The zero-order valence-electron chi connectivity index (χ0n) is 12.8. The fourth-order valence-electron chi connectivity index (χ4n) is 2.54. The van der Waals surface area contributed by atoms with Crippen LogP contribution in [0.15, 0.2) is 42.5 Å². The summed E-state index contributed by atoms with van der Waals surface area (Å²) in [5.74, 6) is 0.227. The maximum absolute atomic E-state index is 11.8. The van der Waals surface area contributed by atoms with Crippen LogP contribution >= 0.6 is 0 Å². The Morgan fingerprint density at radius 3 is 2.41 bits per heavy atom. The Morgan fingerprint density at radius 2 is 1.73 bits per heavy atom. The molecule has 5 nitrogen and oxygen atoms in total. The van der Waals surface area contributed by atoms with Crippen LogP contribution in [0.2, 0.25) is 0 Å². The van der Waals surface area contributed by atoms with Gasteiger partial charge >= 0.3 is 6.09 Å². The zero-order chi connectivity index (χ0) is 15.9. The van der Waals surface area contributed by atoms with Crippen LogP contribution in [0.4, 0.5) is 21.9 Å². The Morgan fingerprint density at radius 1 is 1.09 bits per heavy atom. The number of rotatable bonds is 2. The molecule has 0 aromatic heterocycles. The van der Waals surface area contributed by atoms with Crippen molar-refractivity contribution in [2.45, 2.75) is 19.4 Å². The first-order valence-corrected chi connectivity index (χ1v) is 7.04. The van der Waals surface area contributed by atoms with E-state index in [1.807, 2.05) is 32.0 Å². The van der Waals surface area contributed by atoms with Crippen molar-refractivity contribution < 1.29 is 14.6 Å². The average molecular weight is 298 g/mol. The molecule has 0 bridgehead atoms. The van der Waals surface area contributed by atoms with Crippen molar-refractivity contribution in [3.63, 3.8) is 0 Å². The van der Waals surface area contributed by atoms with Crippen molar-refractivity contribution in [1.29, 1.82) is 0 Å². The van der Waals surface area contributed by atoms with Gasteiger partial charge in [-0.2, -0.15) is 0 Å². The third kappa shape index (κ3) is 2.45. The van der Waals surface area contributed by atoms with Crippen LogP contribution < -0.4 is 10.2 Å². The molecule has 0 aliphatic carbocycles. The molecule has 0 saturated carbocycles. The molecule has 22 heavy (non-hydrogen) atoms. The number of benzene rings is 2. The van der Waals surface area contributed by atoms with Gasteiger partial charge in [-0.3, -0.25) is 4.90 Å². The van der Waals surface area contributed by atoms with Crippen molar-refractivity contribution in [1.82, 2.24) is 0 Å². The number of cyclic esters (lactones) is 1. The Balaban J connectivity index is 1.96. The van der Waals surface area contributed by atoms with E-state index in [1.54, 1.807) is 31.3 Å². The molecule has 1 aliphatic heterocycles. The molecular weight excluding hydrogens is 280 g/mol. The SMILES string of the molecule is CN1C(=O)OC(C)(C)c2cc(Nc3ccc(O)cc3)ccc21. The Hall–Kier alpha value is -2.69. The summed E-state index contributed by atoms with van der Waals surface area (Å²) in [6.45, 7) is 3.75. The fraction of sp³-hybridized carbons (Fsp3) is 0.235. The minimum absolute atomic E-state index is 0.227. The molecule has 114 valence electrons. The minimum Gasteiger partial charge on any atom is -0.508 e. The van der Waals surface area contributed by atoms with Crippen molar-refractivity contribution in [3.05, 3.63) is 48.0 Å². The number of anilines is 3. The van der Waals surface area contributed by atoms with Crippen molar-refractivity contribution >= 4 is 23.2 Å². The van der Waals surface area contributed by atoms with Gasteiger partial charge in [0.05, 0.1) is 5.69 Å². The second-order valence-corrected chi connectivity index (χ2v) is 5.84. The standard InChI is InChI=1S/C17H18N2O3/c1-17(2)14-10-12(18-11-4-7-13(20)8-5-11)6-9-15(14)19(3)16(21)22-17/h4-10,18,20H,1-3H3. The molecule has 3 rings (SSSR count). The number of carbonyl (C=O) groups is 1. The third-order valence-corrected chi connectivity index (χ3v) is 3.78. The van der Waals surface area contributed by atoms with Gasteiger partial charge in [0.1, 0.15) is 11.4 Å². The fourth-order valence-corrected chi connectivity index (χ4v) is 2.54. The number of fused-ring (bicyclic) bond motifs is 1. The lowest BCUT2D eigenvalue weighted by atomic mass is 9.93. The van der Waals surface area contributed by atoms with E-state index in [1.165, 1.54) is 4.90 Å². The van der Waals surface area contributed by atoms with Crippen LogP contribution in [0.25, 0.3) is 0 Å². The van der Waals surface area contributed by atoms with Gasteiger partial charge in [-0.15, -0.1) is 0 Å². The number of phenols is 1. The zero-order valence-corrected chi connectivity index (χ0v) is 12.8. The Kier molecular flexibility index (Phi) is 3.20. The summed E-state index contributed by atoms with van der Waals surface area (Å²) in [4.78, 5) is 13.3.